The number of hydrazone groups is 1. The van der Waals surface area contributed by atoms with Crippen LogP contribution in [0.15, 0.2) is 71.8 Å². The molecule has 0 radical (unpaired) electrons. The van der Waals surface area contributed by atoms with Crippen LogP contribution in [0.3, 0.4) is 0 Å². The van der Waals surface area contributed by atoms with Crippen LogP contribution < -0.4 is 25.0 Å². The number of anilines is 1. The molecule has 3 aromatic carbocycles. The van der Waals surface area contributed by atoms with Gasteiger partial charge in [-0.2, -0.15) is 10.4 Å². The molecule has 3 aromatic rings. The second-order valence-electron chi connectivity index (χ2n) is 6.84. The third-order valence-corrected chi connectivity index (χ3v) is 4.64. The molecule has 0 spiro atoms. The quantitative estimate of drug-likeness (QED) is 0.421. The summed E-state index contributed by atoms with van der Waals surface area (Å²) >= 11 is 0. The smallest absolute Gasteiger partial charge is 0.259 e. The van der Waals surface area contributed by atoms with Gasteiger partial charge in [0.2, 0.25) is 6.79 Å². The molecule has 160 valence electrons. The van der Waals surface area contributed by atoms with Crippen LogP contribution in [0, 0.1) is 11.3 Å². The lowest BCUT2D eigenvalue weighted by molar-refractivity contribution is -0.119. The number of benzene rings is 3. The van der Waals surface area contributed by atoms with Crippen LogP contribution in [0.4, 0.5) is 5.69 Å². The van der Waals surface area contributed by atoms with Gasteiger partial charge in [0.15, 0.2) is 11.5 Å². The number of rotatable bonds is 8. The summed E-state index contributed by atoms with van der Waals surface area (Å²) in [6.07, 6.45) is 1.55. The van der Waals surface area contributed by atoms with E-state index in [9.17, 15) is 4.79 Å². The summed E-state index contributed by atoms with van der Waals surface area (Å²) in [6, 6.07) is 22.1. The van der Waals surface area contributed by atoms with Crippen LogP contribution >= 0.6 is 0 Å². The largest absolute Gasteiger partial charge is 0.489 e. The summed E-state index contributed by atoms with van der Waals surface area (Å²) in [6.45, 7) is 0.577. The van der Waals surface area contributed by atoms with Gasteiger partial charge in [-0.3, -0.25) is 4.79 Å². The Kier molecular flexibility index (Phi) is 6.48. The van der Waals surface area contributed by atoms with Gasteiger partial charge in [-0.15, -0.1) is 0 Å². The van der Waals surface area contributed by atoms with E-state index < -0.39 is 0 Å². The average Bonchev–Trinajstić information content (AvgIpc) is 3.30. The first-order chi connectivity index (χ1) is 15.7. The molecule has 8 nitrogen and oxygen atoms in total. The molecule has 8 heteroatoms. The first kappa shape index (κ1) is 20.8. The van der Waals surface area contributed by atoms with E-state index in [4.69, 9.17) is 19.5 Å². The summed E-state index contributed by atoms with van der Waals surface area (Å²) in [5, 5.41) is 16.1. The summed E-state index contributed by atoms with van der Waals surface area (Å²) in [4.78, 5) is 12.0. The number of hydrogen-bond donors (Lipinski definition) is 2. The summed E-state index contributed by atoms with van der Waals surface area (Å²) in [5.41, 5.74) is 5.46. The van der Waals surface area contributed by atoms with Gasteiger partial charge in [-0.1, -0.05) is 18.2 Å². The molecule has 1 aliphatic rings. The normalized spacial score (nSPS) is 11.7. The Balaban J connectivity index is 1.22. The van der Waals surface area contributed by atoms with Crippen molar-refractivity contribution < 1.29 is 19.0 Å². The average molecular weight is 428 g/mol. The molecule has 2 N–H and O–H groups in total. The van der Waals surface area contributed by atoms with Gasteiger partial charge in [0, 0.05) is 17.3 Å². The number of carbonyl (C=O) groups is 1. The molecular formula is C24H20N4O4. The Hall–Kier alpha value is -4.51. The van der Waals surface area contributed by atoms with Crippen molar-refractivity contribution in [3.8, 4) is 23.3 Å². The van der Waals surface area contributed by atoms with Gasteiger partial charge in [-0.25, -0.2) is 5.43 Å². The predicted molar refractivity (Wildman–Crippen MR) is 119 cm³/mol. The van der Waals surface area contributed by atoms with E-state index in [1.165, 1.54) is 0 Å². The molecule has 1 aliphatic heterocycles. The fraction of sp³-hybridized carbons (Fsp3) is 0.125. The lowest BCUT2D eigenvalue weighted by Gasteiger charge is -2.08. The second-order valence-corrected chi connectivity index (χ2v) is 6.84. The van der Waals surface area contributed by atoms with Gasteiger partial charge in [0.05, 0.1) is 24.4 Å². The lowest BCUT2D eigenvalue weighted by atomic mass is 10.1. The first-order valence-corrected chi connectivity index (χ1v) is 9.87. The van der Waals surface area contributed by atoms with Crippen LogP contribution in [-0.4, -0.2) is 25.5 Å². The third-order valence-electron chi connectivity index (χ3n) is 4.64. The van der Waals surface area contributed by atoms with E-state index in [2.05, 4.69) is 21.9 Å². The first-order valence-electron chi connectivity index (χ1n) is 9.87. The second kappa shape index (κ2) is 10.00. The van der Waals surface area contributed by atoms with Gasteiger partial charge >= 0.3 is 0 Å². The highest BCUT2D eigenvalue weighted by Crippen LogP contribution is 2.34. The number of fused-ring (bicyclic) bond motifs is 1. The van der Waals surface area contributed by atoms with E-state index in [0.29, 0.717) is 29.4 Å². The standard InChI is InChI=1S/C24H20N4O4/c25-12-18-3-1-2-4-19(18)15-30-21-8-5-17(6-9-21)13-27-28-24(29)14-26-20-7-10-22-23(11-20)32-16-31-22/h1-11,13,26H,14-16H2,(H,28,29)/b27-13-. The number of carbonyl (C=O) groups excluding carboxylic acids is 1. The third kappa shape index (κ3) is 5.34. The molecule has 1 amide bonds. The van der Waals surface area contributed by atoms with Crippen molar-refractivity contribution in [1.29, 1.82) is 5.26 Å². The SMILES string of the molecule is N#Cc1ccccc1COc1ccc(/C=N\NC(=O)CNc2ccc3c(c2)OCO3)cc1. The molecule has 0 fully saturated rings. The van der Waals surface area contributed by atoms with Crippen molar-refractivity contribution in [2.45, 2.75) is 6.61 Å². The van der Waals surface area contributed by atoms with Crippen molar-refractivity contribution in [2.75, 3.05) is 18.7 Å². The fourth-order valence-corrected chi connectivity index (χ4v) is 2.97. The van der Waals surface area contributed by atoms with E-state index >= 15 is 0 Å². The number of ether oxygens (including phenoxy) is 3. The van der Waals surface area contributed by atoms with Crippen molar-refractivity contribution in [3.63, 3.8) is 0 Å². The molecule has 0 aromatic heterocycles. The minimum absolute atomic E-state index is 0.0634. The monoisotopic (exact) mass is 428 g/mol. The lowest BCUT2D eigenvalue weighted by Crippen LogP contribution is -2.25. The zero-order chi connectivity index (χ0) is 22.2. The Labute approximate surface area is 185 Å². The van der Waals surface area contributed by atoms with E-state index in [0.717, 1.165) is 16.8 Å². The van der Waals surface area contributed by atoms with Crippen molar-refractivity contribution in [2.24, 2.45) is 5.10 Å². The summed E-state index contributed by atoms with van der Waals surface area (Å²) in [5.74, 6) is 1.73. The van der Waals surface area contributed by atoms with Crippen molar-refractivity contribution >= 4 is 17.8 Å². The summed E-state index contributed by atoms with van der Waals surface area (Å²) in [7, 11) is 0. The molecule has 0 aliphatic carbocycles. The number of nitrogens with zero attached hydrogens (tertiary/aromatic N) is 2. The highest BCUT2D eigenvalue weighted by Gasteiger charge is 2.13. The zero-order valence-corrected chi connectivity index (χ0v) is 17.1. The highest BCUT2D eigenvalue weighted by molar-refractivity contribution is 5.84. The van der Waals surface area contributed by atoms with Crippen LogP contribution in [0.5, 0.6) is 17.2 Å². The van der Waals surface area contributed by atoms with Crippen molar-refractivity contribution in [1.82, 2.24) is 5.43 Å². The molecule has 0 saturated carbocycles. The van der Waals surface area contributed by atoms with Crippen LogP contribution in [0.25, 0.3) is 0 Å². The molecule has 0 atom stereocenters. The van der Waals surface area contributed by atoms with Crippen molar-refractivity contribution in [3.05, 3.63) is 83.4 Å². The van der Waals surface area contributed by atoms with Gasteiger partial charge in [-0.05, 0) is 48.0 Å². The van der Waals surface area contributed by atoms with E-state index in [-0.39, 0.29) is 19.2 Å². The Morgan fingerprint density at radius 1 is 1.09 bits per heavy atom. The Morgan fingerprint density at radius 3 is 2.75 bits per heavy atom. The maximum Gasteiger partial charge on any atom is 0.259 e. The van der Waals surface area contributed by atoms with Crippen LogP contribution in [-0.2, 0) is 11.4 Å². The molecular weight excluding hydrogens is 408 g/mol. The molecule has 4 rings (SSSR count). The molecule has 0 unspecified atom stereocenters. The molecule has 1 heterocycles. The Morgan fingerprint density at radius 2 is 1.91 bits per heavy atom. The maximum atomic E-state index is 12.0. The van der Waals surface area contributed by atoms with E-state index in [1.807, 2.05) is 36.4 Å². The van der Waals surface area contributed by atoms with Gasteiger partial charge in [0.25, 0.3) is 5.91 Å². The Bertz CT molecular complexity index is 1170. The molecule has 0 saturated heterocycles. The minimum Gasteiger partial charge on any atom is -0.489 e. The molecule has 0 bridgehead atoms. The number of nitriles is 1. The van der Waals surface area contributed by atoms with Crippen LogP contribution in [0.2, 0.25) is 0 Å². The zero-order valence-electron chi connectivity index (χ0n) is 17.1. The topological polar surface area (TPSA) is 105 Å². The fourth-order valence-electron chi connectivity index (χ4n) is 2.97. The van der Waals surface area contributed by atoms with E-state index in [1.54, 1.807) is 36.5 Å². The number of nitrogens with one attached hydrogen (secondary N) is 2. The number of hydrogen-bond acceptors (Lipinski definition) is 7. The van der Waals surface area contributed by atoms with Crippen LogP contribution in [0.1, 0.15) is 16.7 Å². The maximum absolute atomic E-state index is 12.0. The summed E-state index contributed by atoms with van der Waals surface area (Å²) < 4.78 is 16.3. The molecule has 32 heavy (non-hydrogen) atoms. The number of amides is 1. The van der Waals surface area contributed by atoms with Gasteiger partial charge in [0.1, 0.15) is 12.4 Å². The highest BCUT2D eigenvalue weighted by atomic mass is 16.7. The van der Waals surface area contributed by atoms with Gasteiger partial charge < -0.3 is 19.5 Å². The minimum atomic E-state index is -0.282. The predicted octanol–water partition coefficient (Wildman–Crippen LogP) is 3.43.